The molecule has 1 atom stereocenters. The van der Waals surface area contributed by atoms with Gasteiger partial charge in [-0.3, -0.25) is 9.78 Å². The van der Waals surface area contributed by atoms with Crippen LogP contribution in [-0.2, 0) is 9.53 Å². The number of halogens is 1. The number of hydrogen-bond acceptors (Lipinski definition) is 3. The zero-order chi connectivity index (χ0) is 13.2. The van der Waals surface area contributed by atoms with E-state index in [-0.39, 0.29) is 12.0 Å². The van der Waals surface area contributed by atoms with E-state index in [0.717, 1.165) is 33.9 Å². The molecule has 2 heterocycles. The minimum Gasteiger partial charge on any atom is -0.368 e. The number of hydrogen-bond donors (Lipinski definition) is 1. The number of aromatic nitrogens is 1. The number of carbonyl (C=O) groups is 1. The van der Waals surface area contributed by atoms with Gasteiger partial charge >= 0.3 is 0 Å². The summed E-state index contributed by atoms with van der Waals surface area (Å²) in [4.78, 5) is 16.4. The maximum absolute atomic E-state index is 12.1. The highest BCUT2D eigenvalue weighted by Gasteiger charge is 2.23. The highest BCUT2D eigenvalue weighted by atomic mass is 79.9. The monoisotopic (exact) mass is 320 g/mol. The number of nitrogens with zero attached hydrogens (tertiary/aromatic N) is 1. The van der Waals surface area contributed by atoms with E-state index >= 15 is 0 Å². The fourth-order valence-corrected chi connectivity index (χ4v) is 2.58. The Bertz CT molecular complexity index is 624. The number of rotatable bonds is 2. The van der Waals surface area contributed by atoms with Crippen molar-refractivity contribution in [3.8, 4) is 0 Å². The first-order chi connectivity index (χ1) is 9.24. The lowest BCUT2D eigenvalue weighted by Crippen LogP contribution is -2.26. The van der Waals surface area contributed by atoms with Crippen LogP contribution < -0.4 is 5.32 Å². The number of para-hydroxylation sites is 1. The lowest BCUT2D eigenvalue weighted by Gasteiger charge is -2.12. The Morgan fingerprint density at radius 1 is 1.47 bits per heavy atom. The van der Waals surface area contributed by atoms with Gasteiger partial charge in [0.15, 0.2) is 0 Å². The summed E-state index contributed by atoms with van der Waals surface area (Å²) in [7, 11) is 0. The van der Waals surface area contributed by atoms with Gasteiger partial charge in [-0.05, 0) is 40.9 Å². The molecule has 1 N–H and O–H groups in total. The summed E-state index contributed by atoms with van der Waals surface area (Å²) < 4.78 is 6.30. The van der Waals surface area contributed by atoms with Crippen molar-refractivity contribution >= 4 is 38.4 Å². The fourth-order valence-electron chi connectivity index (χ4n) is 2.23. The standard InChI is InChI=1S/C14H13BrN2O2/c15-10-7-9-3-1-4-11(13(9)16-8-10)17-14(18)12-5-2-6-19-12/h1,3-4,7-8,12H,2,5-6H2,(H,17,18). The molecule has 0 radical (unpaired) electrons. The molecular formula is C14H13BrN2O2. The van der Waals surface area contributed by atoms with Gasteiger partial charge in [-0.2, -0.15) is 0 Å². The number of benzene rings is 1. The second-order valence-corrected chi connectivity index (χ2v) is 5.44. The second kappa shape index (κ2) is 5.27. The largest absolute Gasteiger partial charge is 0.368 e. The molecule has 0 bridgehead atoms. The van der Waals surface area contributed by atoms with Crippen molar-refractivity contribution in [2.24, 2.45) is 0 Å². The highest BCUT2D eigenvalue weighted by Crippen LogP contribution is 2.24. The molecule has 2 aromatic rings. The Kier molecular flexibility index (Phi) is 3.48. The maximum atomic E-state index is 12.1. The van der Waals surface area contributed by atoms with Crippen LogP contribution in [0.2, 0.25) is 0 Å². The molecule has 0 spiro atoms. The van der Waals surface area contributed by atoms with E-state index in [0.29, 0.717) is 6.61 Å². The average molecular weight is 321 g/mol. The van der Waals surface area contributed by atoms with E-state index in [1.807, 2.05) is 24.3 Å². The van der Waals surface area contributed by atoms with Gasteiger partial charge in [0.05, 0.1) is 11.2 Å². The minimum atomic E-state index is -0.328. The van der Waals surface area contributed by atoms with Crippen LogP contribution in [0.3, 0.4) is 0 Å². The third-order valence-corrected chi connectivity index (χ3v) is 3.59. The molecule has 1 unspecified atom stereocenters. The molecule has 5 heteroatoms. The molecule has 1 aliphatic rings. The van der Waals surface area contributed by atoms with Crippen LogP contribution in [0.25, 0.3) is 10.9 Å². The first kappa shape index (κ1) is 12.6. The molecular weight excluding hydrogens is 308 g/mol. The quantitative estimate of drug-likeness (QED) is 0.925. The van der Waals surface area contributed by atoms with Crippen LogP contribution in [0.5, 0.6) is 0 Å². The first-order valence-electron chi connectivity index (χ1n) is 6.21. The zero-order valence-corrected chi connectivity index (χ0v) is 11.8. The highest BCUT2D eigenvalue weighted by molar-refractivity contribution is 9.10. The van der Waals surface area contributed by atoms with Gasteiger partial charge in [-0.25, -0.2) is 0 Å². The summed E-state index contributed by atoms with van der Waals surface area (Å²) in [6.45, 7) is 0.665. The van der Waals surface area contributed by atoms with Crippen LogP contribution >= 0.6 is 15.9 Å². The van der Waals surface area contributed by atoms with Crippen LogP contribution in [0.4, 0.5) is 5.69 Å². The topological polar surface area (TPSA) is 51.2 Å². The average Bonchev–Trinajstić information content (AvgIpc) is 2.92. The number of fused-ring (bicyclic) bond motifs is 1. The summed E-state index contributed by atoms with van der Waals surface area (Å²) >= 11 is 3.39. The smallest absolute Gasteiger partial charge is 0.253 e. The van der Waals surface area contributed by atoms with Crippen molar-refractivity contribution in [2.45, 2.75) is 18.9 Å². The van der Waals surface area contributed by atoms with Crippen molar-refractivity contribution in [3.05, 3.63) is 34.9 Å². The van der Waals surface area contributed by atoms with E-state index in [2.05, 4.69) is 26.2 Å². The summed E-state index contributed by atoms with van der Waals surface area (Å²) in [5.41, 5.74) is 1.52. The Hall–Kier alpha value is -1.46. The third kappa shape index (κ3) is 2.62. The van der Waals surface area contributed by atoms with Gasteiger partial charge in [-0.15, -0.1) is 0 Å². The van der Waals surface area contributed by atoms with Crippen molar-refractivity contribution in [1.82, 2.24) is 4.98 Å². The van der Waals surface area contributed by atoms with E-state index in [1.54, 1.807) is 6.20 Å². The zero-order valence-electron chi connectivity index (χ0n) is 10.2. The van der Waals surface area contributed by atoms with Crippen LogP contribution in [0.1, 0.15) is 12.8 Å². The second-order valence-electron chi connectivity index (χ2n) is 4.52. The van der Waals surface area contributed by atoms with E-state index in [9.17, 15) is 4.79 Å². The van der Waals surface area contributed by atoms with Gasteiger partial charge in [0.1, 0.15) is 6.10 Å². The number of carbonyl (C=O) groups excluding carboxylic acids is 1. The molecule has 19 heavy (non-hydrogen) atoms. The van der Waals surface area contributed by atoms with Crippen molar-refractivity contribution in [1.29, 1.82) is 0 Å². The number of anilines is 1. The van der Waals surface area contributed by atoms with Gasteiger partial charge < -0.3 is 10.1 Å². The Morgan fingerprint density at radius 3 is 3.16 bits per heavy atom. The van der Waals surface area contributed by atoms with Crippen molar-refractivity contribution in [3.63, 3.8) is 0 Å². The van der Waals surface area contributed by atoms with Crippen molar-refractivity contribution < 1.29 is 9.53 Å². The Balaban J connectivity index is 1.90. The van der Waals surface area contributed by atoms with Crippen LogP contribution in [-0.4, -0.2) is 23.6 Å². The number of pyridine rings is 1. The molecule has 1 fully saturated rings. The van der Waals surface area contributed by atoms with E-state index in [4.69, 9.17) is 4.74 Å². The summed E-state index contributed by atoms with van der Waals surface area (Å²) in [6, 6.07) is 7.70. The molecule has 98 valence electrons. The molecule has 4 nitrogen and oxygen atoms in total. The number of nitrogens with one attached hydrogen (secondary N) is 1. The lowest BCUT2D eigenvalue weighted by atomic mass is 10.1. The van der Waals surface area contributed by atoms with Gasteiger partial charge in [-0.1, -0.05) is 12.1 Å². The van der Waals surface area contributed by atoms with Gasteiger partial charge in [0, 0.05) is 22.7 Å². The maximum Gasteiger partial charge on any atom is 0.253 e. The molecule has 1 aliphatic heterocycles. The normalized spacial score (nSPS) is 18.7. The van der Waals surface area contributed by atoms with Crippen LogP contribution in [0.15, 0.2) is 34.9 Å². The Morgan fingerprint density at radius 2 is 2.37 bits per heavy atom. The summed E-state index contributed by atoms with van der Waals surface area (Å²) in [5.74, 6) is -0.0882. The van der Waals surface area contributed by atoms with Gasteiger partial charge in [0.2, 0.25) is 0 Å². The molecule has 0 saturated carbocycles. The lowest BCUT2D eigenvalue weighted by molar-refractivity contribution is -0.124. The molecule has 1 aromatic heterocycles. The summed E-state index contributed by atoms with van der Waals surface area (Å²) in [5, 5.41) is 3.89. The minimum absolute atomic E-state index is 0.0882. The first-order valence-corrected chi connectivity index (χ1v) is 7.00. The Labute approximate surface area is 119 Å². The van der Waals surface area contributed by atoms with E-state index < -0.39 is 0 Å². The third-order valence-electron chi connectivity index (χ3n) is 3.16. The van der Waals surface area contributed by atoms with Gasteiger partial charge in [0.25, 0.3) is 5.91 Å². The number of ether oxygens (including phenoxy) is 1. The summed E-state index contributed by atoms with van der Waals surface area (Å²) in [6.07, 6.45) is 3.13. The van der Waals surface area contributed by atoms with Crippen molar-refractivity contribution in [2.75, 3.05) is 11.9 Å². The molecule has 1 aromatic carbocycles. The van der Waals surface area contributed by atoms with Crippen LogP contribution in [0, 0.1) is 0 Å². The van der Waals surface area contributed by atoms with E-state index in [1.165, 1.54) is 0 Å². The molecule has 1 saturated heterocycles. The SMILES string of the molecule is O=C(Nc1cccc2cc(Br)cnc12)C1CCCO1. The predicted octanol–water partition coefficient (Wildman–Crippen LogP) is 3.11. The molecule has 1 amide bonds. The molecule has 0 aliphatic carbocycles. The predicted molar refractivity (Wildman–Crippen MR) is 77.0 cm³/mol. The fraction of sp³-hybridized carbons (Fsp3) is 0.286. The number of amides is 1. The molecule has 3 rings (SSSR count).